The summed E-state index contributed by atoms with van der Waals surface area (Å²) in [6, 6.07) is 11.3. The number of carbonyl (C=O) groups excluding carboxylic acids is 1. The van der Waals surface area contributed by atoms with Crippen LogP contribution in [0.5, 0.6) is 0 Å². The van der Waals surface area contributed by atoms with E-state index in [2.05, 4.69) is 4.98 Å². The van der Waals surface area contributed by atoms with E-state index in [1.165, 1.54) is 4.90 Å². The van der Waals surface area contributed by atoms with Crippen molar-refractivity contribution in [2.75, 3.05) is 11.9 Å². The zero-order valence-electron chi connectivity index (χ0n) is 14.3. The molecule has 0 spiro atoms. The molecule has 0 bridgehead atoms. The highest BCUT2D eigenvalue weighted by Gasteiger charge is 2.20. The van der Waals surface area contributed by atoms with Crippen LogP contribution in [0.15, 0.2) is 42.6 Å². The maximum atomic E-state index is 12.1. The highest BCUT2D eigenvalue weighted by molar-refractivity contribution is 6.29. The molecule has 2 rings (SSSR count). The number of amides is 1. The van der Waals surface area contributed by atoms with Gasteiger partial charge in [-0.2, -0.15) is 0 Å². The van der Waals surface area contributed by atoms with Crippen molar-refractivity contribution in [3.8, 4) is 0 Å². The van der Waals surface area contributed by atoms with Crippen molar-refractivity contribution >= 4 is 35.5 Å². The number of ether oxygens (including phenoxy) is 1. The number of nitrogens with zero attached hydrogens (tertiary/aromatic N) is 2. The topological polar surface area (TPSA) is 42.4 Å². The van der Waals surface area contributed by atoms with Crippen molar-refractivity contribution in [1.82, 2.24) is 4.98 Å². The molecule has 0 radical (unpaired) electrons. The van der Waals surface area contributed by atoms with Gasteiger partial charge in [-0.1, -0.05) is 35.9 Å². The Hall–Kier alpha value is -2.33. The molecule has 24 heavy (non-hydrogen) atoms. The van der Waals surface area contributed by atoms with Gasteiger partial charge in [0.15, 0.2) is 0 Å². The molecule has 0 unspecified atom stereocenters. The van der Waals surface area contributed by atoms with E-state index in [9.17, 15) is 4.79 Å². The standard InChI is InChI=1S/C19H21ClN2O2/c1-19(2,3)24-18(23)22(4)16-9-7-14(8-10-16)5-6-15-11-12-21-17(20)13-15/h5-13H,1-4H3/b6-5+. The van der Waals surface area contributed by atoms with Gasteiger partial charge in [-0.05, 0) is 56.2 Å². The van der Waals surface area contributed by atoms with Crippen molar-refractivity contribution in [2.24, 2.45) is 0 Å². The van der Waals surface area contributed by atoms with Crippen LogP contribution in [0.25, 0.3) is 12.2 Å². The summed E-state index contributed by atoms with van der Waals surface area (Å²) in [4.78, 5) is 17.5. The summed E-state index contributed by atoms with van der Waals surface area (Å²) >= 11 is 5.86. The molecule has 1 aromatic heterocycles. The molecule has 0 aliphatic rings. The molecule has 4 nitrogen and oxygen atoms in total. The van der Waals surface area contributed by atoms with Gasteiger partial charge >= 0.3 is 6.09 Å². The first-order valence-corrected chi connectivity index (χ1v) is 7.99. The summed E-state index contributed by atoms with van der Waals surface area (Å²) in [5, 5.41) is 0.464. The van der Waals surface area contributed by atoms with Gasteiger partial charge in [-0.3, -0.25) is 4.90 Å². The number of aromatic nitrogens is 1. The average Bonchev–Trinajstić information content (AvgIpc) is 2.51. The fraction of sp³-hybridized carbons (Fsp3) is 0.263. The van der Waals surface area contributed by atoms with Gasteiger partial charge in [0.05, 0.1) is 0 Å². The van der Waals surface area contributed by atoms with Crippen molar-refractivity contribution in [3.63, 3.8) is 0 Å². The highest BCUT2D eigenvalue weighted by Crippen LogP contribution is 2.19. The maximum Gasteiger partial charge on any atom is 0.414 e. The van der Waals surface area contributed by atoms with Crippen LogP contribution in [0, 0.1) is 0 Å². The number of hydrogen-bond acceptors (Lipinski definition) is 3. The summed E-state index contributed by atoms with van der Waals surface area (Å²) in [6.45, 7) is 5.54. The normalized spacial score (nSPS) is 11.5. The van der Waals surface area contributed by atoms with Crippen LogP contribution in [0.3, 0.4) is 0 Å². The second kappa shape index (κ2) is 7.49. The molecule has 1 aromatic carbocycles. The number of hydrogen-bond donors (Lipinski definition) is 0. The Kier molecular flexibility index (Phi) is 5.62. The van der Waals surface area contributed by atoms with Gasteiger partial charge < -0.3 is 4.74 Å². The number of carbonyl (C=O) groups is 1. The molecule has 2 aromatic rings. The smallest absolute Gasteiger partial charge is 0.414 e. The molecule has 5 heteroatoms. The van der Waals surface area contributed by atoms with Crippen LogP contribution < -0.4 is 4.90 Å². The maximum absolute atomic E-state index is 12.1. The molecular weight excluding hydrogens is 324 g/mol. The summed E-state index contributed by atoms with van der Waals surface area (Å²) < 4.78 is 5.36. The van der Waals surface area contributed by atoms with Crippen molar-refractivity contribution in [2.45, 2.75) is 26.4 Å². The Morgan fingerprint density at radius 3 is 2.33 bits per heavy atom. The summed E-state index contributed by atoms with van der Waals surface area (Å²) in [6.07, 6.45) is 5.22. The van der Waals surface area contributed by atoms with Crippen LogP contribution >= 0.6 is 11.6 Å². The van der Waals surface area contributed by atoms with E-state index in [0.29, 0.717) is 5.15 Å². The third-order valence-electron chi connectivity index (χ3n) is 3.17. The third-order valence-corrected chi connectivity index (χ3v) is 3.37. The number of anilines is 1. The molecule has 0 saturated carbocycles. The van der Waals surface area contributed by atoms with E-state index < -0.39 is 5.60 Å². The van der Waals surface area contributed by atoms with E-state index in [1.807, 2.05) is 63.3 Å². The van der Waals surface area contributed by atoms with Gasteiger partial charge in [0.1, 0.15) is 10.8 Å². The molecule has 126 valence electrons. The van der Waals surface area contributed by atoms with E-state index in [4.69, 9.17) is 16.3 Å². The van der Waals surface area contributed by atoms with E-state index in [0.717, 1.165) is 16.8 Å². The largest absolute Gasteiger partial charge is 0.443 e. The van der Waals surface area contributed by atoms with Crippen LogP contribution in [0.1, 0.15) is 31.9 Å². The number of halogens is 1. The second-order valence-corrected chi connectivity index (χ2v) is 6.76. The predicted octanol–water partition coefficient (Wildman–Crippen LogP) is 5.28. The molecule has 1 amide bonds. The van der Waals surface area contributed by atoms with E-state index in [-0.39, 0.29) is 6.09 Å². The molecule has 1 heterocycles. The molecule has 0 N–H and O–H groups in total. The Bertz CT molecular complexity index is 734. The number of rotatable bonds is 3. The van der Waals surface area contributed by atoms with Gasteiger partial charge in [0, 0.05) is 18.9 Å². The zero-order valence-corrected chi connectivity index (χ0v) is 15.0. The fourth-order valence-electron chi connectivity index (χ4n) is 1.96. The number of pyridine rings is 1. The van der Waals surface area contributed by atoms with Gasteiger partial charge in [0.2, 0.25) is 0 Å². The molecule has 0 aliphatic heterocycles. The lowest BCUT2D eigenvalue weighted by Crippen LogP contribution is -2.34. The summed E-state index contributed by atoms with van der Waals surface area (Å²) in [7, 11) is 1.69. The minimum atomic E-state index is -0.514. The van der Waals surface area contributed by atoms with E-state index >= 15 is 0 Å². The van der Waals surface area contributed by atoms with Crippen molar-refractivity contribution in [3.05, 3.63) is 58.9 Å². The quantitative estimate of drug-likeness (QED) is 0.712. The number of benzene rings is 1. The third kappa shape index (κ3) is 5.39. The minimum Gasteiger partial charge on any atom is -0.443 e. The monoisotopic (exact) mass is 344 g/mol. The van der Waals surface area contributed by atoms with E-state index in [1.54, 1.807) is 19.3 Å². The minimum absolute atomic E-state index is 0.378. The SMILES string of the molecule is CN(C(=O)OC(C)(C)C)c1ccc(/C=C/c2ccnc(Cl)c2)cc1. The lowest BCUT2D eigenvalue weighted by atomic mass is 10.1. The summed E-state index contributed by atoms with van der Waals surface area (Å²) in [5.41, 5.74) is 2.25. The van der Waals surface area contributed by atoms with Gasteiger partial charge in [-0.15, -0.1) is 0 Å². The Labute approximate surface area is 147 Å². The Balaban J connectivity index is 2.06. The molecule has 0 aliphatic carbocycles. The summed E-state index contributed by atoms with van der Waals surface area (Å²) in [5.74, 6) is 0. The molecule has 0 atom stereocenters. The lowest BCUT2D eigenvalue weighted by Gasteiger charge is -2.24. The van der Waals surface area contributed by atoms with Crippen LogP contribution in [0.2, 0.25) is 5.15 Å². The van der Waals surface area contributed by atoms with Crippen LogP contribution in [-0.4, -0.2) is 23.7 Å². The van der Waals surface area contributed by atoms with Crippen molar-refractivity contribution < 1.29 is 9.53 Å². The van der Waals surface area contributed by atoms with Gasteiger partial charge in [0.25, 0.3) is 0 Å². The second-order valence-electron chi connectivity index (χ2n) is 6.38. The predicted molar refractivity (Wildman–Crippen MR) is 99.3 cm³/mol. The first kappa shape index (κ1) is 18.0. The van der Waals surface area contributed by atoms with Crippen LogP contribution in [0.4, 0.5) is 10.5 Å². The Morgan fingerprint density at radius 2 is 1.75 bits per heavy atom. The highest BCUT2D eigenvalue weighted by atomic mass is 35.5. The lowest BCUT2D eigenvalue weighted by molar-refractivity contribution is 0.0589. The van der Waals surface area contributed by atoms with Crippen LogP contribution in [-0.2, 0) is 4.74 Å². The molecule has 0 fully saturated rings. The first-order valence-electron chi connectivity index (χ1n) is 7.61. The Morgan fingerprint density at radius 1 is 1.12 bits per heavy atom. The van der Waals surface area contributed by atoms with Gasteiger partial charge in [-0.25, -0.2) is 9.78 Å². The molecular formula is C19H21ClN2O2. The molecule has 0 saturated heterocycles. The zero-order chi connectivity index (χ0) is 17.7. The average molecular weight is 345 g/mol. The van der Waals surface area contributed by atoms with Crippen molar-refractivity contribution in [1.29, 1.82) is 0 Å². The fourth-order valence-corrected chi connectivity index (χ4v) is 2.14. The first-order chi connectivity index (χ1) is 11.2.